The van der Waals surface area contributed by atoms with Crippen LogP contribution >= 0.6 is 0 Å². The quantitative estimate of drug-likeness (QED) is 0.100. The molecule has 0 unspecified atom stereocenters. The fraction of sp³-hybridized carbons (Fsp3) is 0.0732. The highest BCUT2D eigenvalue weighted by molar-refractivity contribution is 6.12. The van der Waals surface area contributed by atoms with Gasteiger partial charge < -0.3 is 18.6 Å². The second-order valence-electron chi connectivity index (χ2n) is 36.3. The molecule has 0 aliphatic heterocycles. The zero-order valence-electron chi connectivity index (χ0n) is 71.9. The first-order valence-electron chi connectivity index (χ1n) is 44.5. The second kappa shape index (κ2) is 29.3. The van der Waals surface area contributed by atoms with E-state index in [1.165, 1.54) is 200 Å². The van der Waals surface area contributed by atoms with Gasteiger partial charge in [0.15, 0.2) is 0 Å². The summed E-state index contributed by atoms with van der Waals surface area (Å²) in [5, 5.41) is 3.72. The van der Waals surface area contributed by atoms with Crippen LogP contribution in [0, 0.1) is 0 Å². The Bertz CT molecular complexity index is 7150. The lowest BCUT2D eigenvalue weighted by atomic mass is 9.81. The normalized spacial score (nSPS) is 13.5. The Hall–Kier alpha value is -15.6. The van der Waals surface area contributed by atoms with Gasteiger partial charge in [0, 0.05) is 83.2 Å². The summed E-state index contributed by atoms with van der Waals surface area (Å²) in [5.41, 5.74) is 46.6. The standard InChI is InChI=1S/C123H90N4/c1-121(2)106-70-88(58-67-97(106)100-73-103-112(76-109(100)121)125(91-46-28-13-29-47-91)118(85-40-22-10-23-41-85)115(103)82-34-16-7-17-35-82)79-52-61-94(62-53-79)124(95-63-54-80(55-64-95)89-59-68-98-101-74-104-113(77-110(101)122(3,4)107(98)71-89)126(92-48-30-14-31-49-92)119(86-42-24-11-25-43-86)116(104)83-36-18-8-19-37-83)96-65-56-81(57-66-96)90-60-69-99-102-75-105-114(78-111(102)123(5,6)108(99)72-90)127(93-50-32-15-33-51-93)120(87-44-26-12-27-45-87)117(105)84-38-20-9-21-39-84/h7-78H,1-6H3. The summed E-state index contributed by atoms with van der Waals surface area (Å²) < 4.78 is 7.50. The van der Waals surface area contributed by atoms with Crippen LogP contribution in [0.3, 0.4) is 0 Å². The highest BCUT2D eigenvalue weighted by Gasteiger charge is 2.42. The van der Waals surface area contributed by atoms with Crippen molar-refractivity contribution >= 4 is 49.8 Å². The monoisotopic (exact) mass is 1620 g/mol. The van der Waals surface area contributed by atoms with Crippen molar-refractivity contribution in [1.82, 2.24) is 13.7 Å². The van der Waals surface area contributed by atoms with Gasteiger partial charge in [0.05, 0.1) is 33.6 Å². The molecule has 24 rings (SSSR count). The molecule has 0 spiro atoms. The first-order valence-corrected chi connectivity index (χ1v) is 44.5. The van der Waals surface area contributed by atoms with E-state index in [2.05, 4.69) is 497 Å². The van der Waals surface area contributed by atoms with Gasteiger partial charge in [0.1, 0.15) is 0 Å². The summed E-state index contributed by atoms with van der Waals surface area (Å²) in [4.78, 5) is 2.43. The molecule has 18 aromatic carbocycles. The maximum atomic E-state index is 2.50. The highest BCUT2D eigenvalue weighted by atomic mass is 15.1. The van der Waals surface area contributed by atoms with Crippen LogP contribution in [0.2, 0.25) is 0 Å². The first kappa shape index (κ1) is 75.1. The Kier molecular flexibility index (Phi) is 17.3. The molecule has 0 atom stereocenters. The minimum absolute atomic E-state index is 0.300. The predicted octanol–water partition coefficient (Wildman–Crippen LogP) is 32.9. The average Bonchev–Trinajstić information content (AvgIpc) is 1.55. The molecule has 0 saturated carbocycles. The van der Waals surface area contributed by atoms with Crippen molar-refractivity contribution in [2.24, 2.45) is 0 Å². The van der Waals surface area contributed by atoms with Crippen molar-refractivity contribution in [2.45, 2.75) is 57.8 Å². The molecule has 602 valence electrons. The number of nitrogens with zero attached hydrogens (tertiary/aromatic N) is 4. The summed E-state index contributed by atoms with van der Waals surface area (Å²) >= 11 is 0. The summed E-state index contributed by atoms with van der Waals surface area (Å²) in [6, 6.07) is 163. The highest BCUT2D eigenvalue weighted by Crippen LogP contribution is 2.59. The number of anilines is 3. The predicted molar refractivity (Wildman–Crippen MR) is 533 cm³/mol. The molecule has 127 heavy (non-hydrogen) atoms. The van der Waals surface area contributed by atoms with Crippen molar-refractivity contribution in [2.75, 3.05) is 4.90 Å². The zero-order chi connectivity index (χ0) is 85.0. The van der Waals surface area contributed by atoms with Gasteiger partial charge in [-0.25, -0.2) is 0 Å². The lowest BCUT2D eigenvalue weighted by Gasteiger charge is -2.26. The molecule has 0 fully saturated rings. The minimum Gasteiger partial charge on any atom is -0.311 e. The van der Waals surface area contributed by atoms with Crippen LogP contribution in [0.4, 0.5) is 17.1 Å². The molecule has 0 bridgehead atoms. The Morgan fingerprint density at radius 1 is 0.173 bits per heavy atom. The minimum atomic E-state index is -0.300. The second-order valence-corrected chi connectivity index (χ2v) is 36.3. The van der Waals surface area contributed by atoms with Crippen LogP contribution < -0.4 is 4.90 Å². The van der Waals surface area contributed by atoms with Gasteiger partial charge in [0.2, 0.25) is 0 Å². The van der Waals surface area contributed by atoms with Crippen molar-refractivity contribution < 1.29 is 0 Å². The summed E-state index contributed by atoms with van der Waals surface area (Å²) in [7, 11) is 0. The number of para-hydroxylation sites is 3. The molecular weight excluding hydrogens is 1530 g/mol. The van der Waals surface area contributed by atoms with Crippen LogP contribution in [0.15, 0.2) is 437 Å². The first-order chi connectivity index (χ1) is 62.3. The third-order valence-electron chi connectivity index (χ3n) is 28.0. The van der Waals surface area contributed by atoms with E-state index in [1.807, 2.05) is 0 Å². The molecule has 4 heteroatoms. The molecule has 4 nitrogen and oxygen atoms in total. The molecular formula is C123H90N4. The van der Waals surface area contributed by atoms with Gasteiger partial charge in [0.25, 0.3) is 0 Å². The Balaban J connectivity index is 0.602. The molecule has 0 N–H and O–H groups in total. The number of hydrogen-bond acceptors (Lipinski definition) is 1. The van der Waals surface area contributed by atoms with Crippen LogP contribution in [-0.4, -0.2) is 13.7 Å². The number of fused-ring (bicyclic) bond motifs is 12. The molecule has 3 aliphatic carbocycles. The van der Waals surface area contributed by atoms with E-state index in [4.69, 9.17) is 0 Å². The van der Waals surface area contributed by atoms with E-state index >= 15 is 0 Å². The van der Waals surface area contributed by atoms with Crippen LogP contribution in [0.1, 0.15) is 74.9 Å². The van der Waals surface area contributed by atoms with Gasteiger partial charge in [-0.2, -0.15) is 0 Å². The zero-order valence-corrected chi connectivity index (χ0v) is 71.9. The molecule has 0 saturated heterocycles. The number of hydrogen-bond donors (Lipinski definition) is 0. The van der Waals surface area contributed by atoms with Gasteiger partial charge in [-0.05, 0) is 261 Å². The van der Waals surface area contributed by atoms with E-state index in [0.29, 0.717) is 0 Å². The van der Waals surface area contributed by atoms with E-state index in [1.54, 1.807) is 0 Å². The lowest BCUT2D eigenvalue weighted by Crippen LogP contribution is -2.15. The third-order valence-corrected chi connectivity index (χ3v) is 28.0. The van der Waals surface area contributed by atoms with Gasteiger partial charge in [-0.3, -0.25) is 0 Å². The maximum absolute atomic E-state index is 2.50. The molecule has 21 aromatic rings. The smallest absolute Gasteiger partial charge is 0.0619 e. The van der Waals surface area contributed by atoms with Crippen molar-refractivity contribution in [1.29, 1.82) is 0 Å². The van der Waals surface area contributed by atoms with Crippen LogP contribution in [-0.2, 0) is 16.2 Å². The number of aromatic nitrogens is 3. The SMILES string of the molecule is CC1(C)c2cc(-c3ccc(N(c4ccc(-c5ccc6c(c5)C(C)(C)c5cc7c(cc5-6)c(-c5ccccc5)c(-c5ccccc5)n7-c5ccccc5)cc4)c4ccc(-c5ccc6c(c5)C(C)(C)c5cc7c(cc5-6)c(-c5ccccc5)c(-c5ccccc5)n7-c5ccccc5)cc4)cc3)ccc2-c2cc3c(-c4ccccc4)c(-c4ccccc4)n(-c4ccccc4)c3cc21. The maximum Gasteiger partial charge on any atom is 0.0619 e. The van der Waals surface area contributed by atoms with Crippen molar-refractivity contribution in [3.8, 4) is 151 Å². The van der Waals surface area contributed by atoms with E-state index < -0.39 is 0 Å². The third kappa shape index (κ3) is 12.0. The Morgan fingerprint density at radius 3 is 0.614 bits per heavy atom. The van der Waals surface area contributed by atoms with Crippen molar-refractivity contribution in [3.05, 3.63) is 470 Å². The van der Waals surface area contributed by atoms with Crippen molar-refractivity contribution in [3.63, 3.8) is 0 Å². The fourth-order valence-corrected chi connectivity index (χ4v) is 21.8. The molecule has 0 radical (unpaired) electrons. The fourth-order valence-electron chi connectivity index (χ4n) is 21.8. The topological polar surface area (TPSA) is 18.0 Å². The van der Waals surface area contributed by atoms with Gasteiger partial charge in [-0.1, -0.05) is 351 Å². The summed E-state index contributed by atoms with van der Waals surface area (Å²) in [6.45, 7) is 14.5. The number of benzene rings is 18. The number of rotatable bonds is 15. The average molecular weight is 1620 g/mol. The Morgan fingerprint density at radius 2 is 0.378 bits per heavy atom. The van der Waals surface area contributed by atoms with Crippen LogP contribution in [0.25, 0.3) is 184 Å². The van der Waals surface area contributed by atoms with Gasteiger partial charge >= 0.3 is 0 Å². The van der Waals surface area contributed by atoms with E-state index in [0.717, 1.165) is 34.1 Å². The molecule has 3 heterocycles. The van der Waals surface area contributed by atoms with E-state index in [9.17, 15) is 0 Å². The van der Waals surface area contributed by atoms with E-state index in [-0.39, 0.29) is 16.2 Å². The Labute approximate surface area is 742 Å². The molecule has 0 amide bonds. The van der Waals surface area contributed by atoms with Gasteiger partial charge in [-0.15, -0.1) is 0 Å². The lowest BCUT2D eigenvalue weighted by molar-refractivity contribution is 0.661. The summed E-state index contributed by atoms with van der Waals surface area (Å²) in [5.74, 6) is 0. The molecule has 3 aliphatic rings. The van der Waals surface area contributed by atoms with Crippen LogP contribution in [0.5, 0.6) is 0 Å². The largest absolute Gasteiger partial charge is 0.311 e. The molecule has 3 aromatic heterocycles. The summed E-state index contributed by atoms with van der Waals surface area (Å²) in [6.07, 6.45) is 0.